The number of pyridine rings is 2. The van der Waals surface area contributed by atoms with E-state index in [4.69, 9.17) is 0 Å². The molecule has 0 aromatic carbocycles. The number of H-pyrrole nitrogens is 1. The maximum Gasteiger partial charge on any atom is 0.295 e. The first-order chi connectivity index (χ1) is 18.0. The second-order valence-corrected chi connectivity index (χ2v) is 8.15. The van der Waals surface area contributed by atoms with Crippen LogP contribution in [-0.4, -0.2) is 83.0 Å². The SMILES string of the molecule is CCN(CCN(C)c1ccnn1-c1ccccn1)C(=O)C(=O)c1c[nH]c2c(-n3ccnn3)ncc(F)c12. The first kappa shape index (κ1) is 23.8. The summed E-state index contributed by atoms with van der Waals surface area (Å²) in [5, 5.41) is 11.9. The van der Waals surface area contributed by atoms with E-state index in [1.165, 1.54) is 22.0 Å². The number of aromatic nitrogens is 8. The highest BCUT2D eigenvalue weighted by Crippen LogP contribution is 2.26. The molecule has 12 nitrogen and oxygen atoms in total. The Labute approximate surface area is 210 Å². The lowest BCUT2D eigenvalue weighted by Crippen LogP contribution is -2.41. The molecule has 13 heteroatoms. The normalized spacial score (nSPS) is 11.1. The number of rotatable bonds is 9. The Morgan fingerprint density at radius 1 is 1.11 bits per heavy atom. The van der Waals surface area contributed by atoms with Crippen molar-refractivity contribution in [2.45, 2.75) is 6.92 Å². The van der Waals surface area contributed by atoms with Gasteiger partial charge in [0.25, 0.3) is 11.7 Å². The van der Waals surface area contributed by atoms with Gasteiger partial charge >= 0.3 is 0 Å². The van der Waals surface area contributed by atoms with Crippen LogP contribution in [0.25, 0.3) is 22.5 Å². The zero-order valence-electron chi connectivity index (χ0n) is 20.1. The van der Waals surface area contributed by atoms with E-state index in [-0.39, 0.29) is 28.8 Å². The van der Waals surface area contributed by atoms with Crippen molar-refractivity contribution in [2.75, 3.05) is 31.6 Å². The first-order valence-electron chi connectivity index (χ1n) is 11.5. The fourth-order valence-electron chi connectivity index (χ4n) is 4.06. The minimum absolute atomic E-state index is 0.0220. The summed E-state index contributed by atoms with van der Waals surface area (Å²) in [6.45, 7) is 2.77. The van der Waals surface area contributed by atoms with Crippen LogP contribution < -0.4 is 4.90 Å². The van der Waals surface area contributed by atoms with Gasteiger partial charge in [-0.2, -0.15) is 9.78 Å². The van der Waals surface area contributed by atoms with Crippen molar-refractivity contribution in [1.82, 2.24) is 44.6 Å². The molecule has 5 rings (SSSR count). The van der Waals surface area contributed by atoms with Gasteiger partial charge in [-0.1, -0.05) is 11.3 Å². The molecule has 0 atom stereocenters. The lowest BCUT2D eigenvalue weighted by Gasteiger charge is -2.25. The van der Waals surface area contributed by atoms with Crippen molar-refractivity contribution >= 4 is 28.4 Å². The number of aromatic amines is 1. The maximum atomic E-state index is 14.8. The minimum Gasteiger partial charge on any atom is -0.358 e. The van der Waals surface area contributed by atoms with Crippen LogP contribution in [0, 0.1) is 5.82 Å². The third kappa shape index (κ3) is 4.42. The fraction of sp³-hybridized carbons (Fsp3) is 0.208. The zero-order valence-corrected chi connectivity index (χ0v) is 20.1. The van der Waals surface area contributed by atoms with Gasteiger partial charge in [-0.3, -0.25) is 9.59 Å². The molecule has 188 valence electrons. The summed E-state index contributed by atoms with van der Waals surface area (Å²) in [5.41, 5.74) is 0.175. The zero-order chi connectivity index (χ0) is 25.9. The van der Waals surface area contributed by atoms with Crippen LogP contribution in [0.2, 0.25) is 0 Å². The van der Waals surface area contributed by atoms with Crippen molar-refractivity contribution in [1.29, 1.82) is 0 Å². The Morgan fingerprint density at radius 2 is 1.97 bits per heavy atom. The van der Waals surface area contributed by atoms with Gasteiger partial charge in [0.15, 0.2) is 17.5 Å². The van der Waals surface area contributed by atoms with Crippen molar-refractivity contribution < 1.29 is 14.0 Å². The molecule has 37 heavy (non-hydrogen) atoms. The largest absolute Gasteiger partial charge is 0.358 e. The summed E-state index contributed by atoms with van der Waals surface area (Å²) in [5.74, 6) is -0.562. The smallest absolute Gasteiger partial charge is 0.295 e. The van der Waals surface area contributed by atoms with Gasteiger partial charge in [-0.15, -0.1) is 5.10 Å². The molecule has 1 amide bonds. The molecule has 0 radical (unpaired) electrons. The molecule has 0 aliphatic heterocycles. The molecule has 0 saturated heterocycles. The molecule has 0 saturated carbocycles. The lowest BCUT2D eigenvalue weighted by atomic mass is 10.1. The van der Waals surface area contributed by atoms with Crippen LogP contribution in [-0.2, 0) is 4.79 Å². The van der Waals surface area contributed by atoms with E-state index >= 15 is 0 Å². The second kappa shape index (κ2) is 9.97. The fourth-order valence-corrected chi connectivity index (χ4v) is 4.06. The third-order valence-electron chi connectivity index (χ3n) is 5.98. The summed E-state index contributed by atoms with van der Waals surface area (Å²) in [6, 6.07) is 7.38. The van der Waals surface area contributed by atoms with E-state index in [9.17, 15) is 14.0 Å². The number of fused-ring (bicyclic) bond motifs is 1. The van der Waals surface area contributed by atoms with E-state index < -0.39 is 17.5 Å². The molecule has 0 spiro atoms. The summed E-state index contributed by atoms with van der Waals surface area (Å²) in [4.78, 5) is 41.0. The summed E-state index contributed by atoms with van der Waals surface area (Å²) < 4.78 is 17.8. The average molecular weight is 503 g/mol. The number of amides is 1. The van der Waals surface area contributed by atoms with Crippen molar-refractivity contribution in [3.63, 3.8) is 0 Å². The number of carbonyl (C=O) groups is 2. The maximum absolute atomic E-state index is 14.8. The molecule has 0 bridgehead atoms. The highest BCUT2D eigenvalue weighted by molar-refractivity contribution is 6.45. The molecule has 0 aliphatic carbocycles. The second-order valence-electron chi connectivity index (χ2n) is 8.15. The predicted molar refractivity (Wildman–Crippen MR) is 132 cm³/mol. The molecular formula is C24H23FN10O2. The minimum atomic E-state index is -0.816. The van der Waals surface area contributed by atoms with Crippen LogP contribution in [0.5, 0.6) is 0 Å². The van der Waals surface area contributed by atoms with Gasteiger partial charge in [0.2, 0.25) is 0 Å². The Bertz CT molecular complexity index is 1540. The average Bonchev–Trinajstić information content (AvgIpc) is 3.70. The number of hydrogen-bond donors (Lipinski definition) is 1. The highest BCUT2D eigenvalue weighted by Gasteiger charge is 2.27. The van der Waals surface area contributed by atoms with E-state index in [2.05, 4.69) is 30.4 Å². The van der Waals surface area contributed by atoms with Crippen molar-refractivity contribution in [2.24, 2.45) is 0 Å². The monoisotopic (exact) mass is 502 g/mol. The number of Topliss-reactive ketones (excluding diaryl/α,β-unsaturated/α-hetero) is 1. The Morgan fingerprint density at radius 3 is 2.70 bits per heavy atom. The molecule has 1 N–H and O–H groups in total. The molecule has 5 aromatic heterocycles. The van der Waals surface area contributed by atoms with E-state index in [1.807, 2.05) is 36.2 Å². The van der Waals surface area contributed by atoms with Crippen LogP contribution in [0.3, 0.4) is 0 Å². The quantitative estimate of drug-likeness (QED) is 0.239. The number of halogens is 1. The number of ketones is 1. The number of hydrogen-bond acceptors (Lipinski definition) is 8. The van der Waals surface area contributed by atoms with Crippen molar-refractivity contribution in [3.05, 3.63) is 72.8 Å². The van der Waals surface area contributed by atoms with Crippen LogP contribution >= 0.6 is 0 Å². The van der Waals surface area contributed by atoms with Gasteiger partial charge in [0.1, 0.15) is 5.82 Å². The van der Waals surface area contributed by atoms with Gasteiger partial charge in [0.05, 0.1) is 41.3 Å². The third-order valence-corrected chi connectivity index (χ3v) is 5.98. The summed E-state index contributed by atoms with van der Waals surface area (Å²) >= 11 is 0. The lowest BCUT2D eigenvalue weighted by molar-refractivity contribution is -0.126. The van der Waals surface area contributed by atoms with Gasteiger partial charge < -0.3 is 14.8 Å². The molecule has 0 fully saturated rings. The van der Waals surface area contributed by atoms with E-state index in [0.717, 1.165) is 12.0 Å². The predicted octanol–water partition coefficient (Wildman–Crippen LogP) is 2.03. The van der Waals surface area contributed by atoms with Gasteiger partial charge in [0, 0.05) is 45.1 Å². The van der Waals surface area contributed by atoms with Gasteiger partial charge in [-0.25, -0.2) is 19.0 Å². The summed E-state index contributed by atoms with van der Waals surface area (Å²) in [7, 11) is 1.87. The number of nitrogens with zero attached hydrogens (tertiary/aromatic N) is 9. The summed E-state index contributed by atoms with van der Waals surface area (Å²) in [6.07, 6.45) is 8.66. The van der Waals surface area contributed by atoms with Crippen molar-refractivity contribution in [3.8, 4) is 11.6 Å². The van der Waals surface area contributed by atoms with Crippen LogP contribution in [0.15, 0.2) is 61.4 Å². The van der Waals surface area contributed by atoms with E-state index in [0.29, 0.717) is 18.9 Å². The molecule has 5 aromatic rings. The molecule has 0 aliphatic rings. The number of likely N-dealkylation sites (N-methyl/N-ethyl adjacent to an activating group) is 2. The molecular weight excluding hydrogens is 479 g/mol. The number of carbonyl (C=O) groups excluding carboxylic acids is 2. The standard InChI is InChI=1S/C24H23FN10O2/c1-3-33(13-12-32(2)19-7-9-30-35(19)18-6-4-5-8-26-18)24(37)22(36)16-14-27-21-20(16)17(25)15-28-23(21)34-11-10-29-31-34/h4-11,14-15,27H,3,12-13H2,1-2H3. The van der Waals surface area contributed by atoms with Crippen LogP contribution in [0.4, 0.5) is 10.2 Å². The van der Waals surface area contributed by atoms with Gasteiger partial charge in [-0.05, 0) is 19.1 Å². The Balaban J connectivity index is 1.34. The topological polar surface area (TPSA) is 131 Å². The first-order valence-corrected chi connectivity index (χ1v) is 11.5. The highest BCUT2D eigenvalue weighted by atomic mass is 19.1. The molecule has 5 heterocycles. The van der Waals surface area contributed by atoms with E-state index in [1.54, 1.807) is 30.2 Å². The Kier molecular flexibility index (Phi) is 6.41. The Hall–Kier alpha value is -4.94. The molecule has 0 unspecified atom stereocenters. The number of anilines is 1. The number of nitrogens with one attached hydrogen (secondary N) is 1. The van der Waals surface area contributed by atoms with Crippen LogP contribution in [0.1, 0.15) is 17.3 Å².